The first-order valence-corrected chi connectivity index (χ1v) is 7.22. The number of amides is 1. The van der Waals surface area contributed by atoms with Crippen LogP contribution >= 0.6 is 0 Å². The molecule has 0 unspecified atom stereocenters. The van der Waals surface area contributed by atoms with E-state index in [2.05, 4.69) is 17.1 Å². The number of nitrogens with two attached hydrogens (primary N) is 1. The number of benzene rings is 1. The Morgan fingerprint density at radius 1 is 1.45 bits per heavy atom. The Hall–Kier alpha value is -1.75. The van der Waals surface area contributed by atoms with Gasteiger partial charge in [-0.15, -0.1) is 0 Å². The minimum Gasteiger partial charge on any atom is -0.508 e. The molecule has 0 saturated carbocycles. The normalized spacial score (nSPS) is 17.1. The zero-order valence-electron chi connectivity index (χ0n) is 11.9. The van der Waals surface area contributed by atoms with Crippen LogP contribution in [0.25, 0.3) is 0 Å². The fourth-order valence-corrected chi connectivity index (χ4v) is 2.62. The molecule has 0 atom stereocenters. The van der Waals surface area contributed by atoms with Gasteiger partial charge in [-0.2, -0.15) is 0 Å². The molecule has 5 nitrogen and oxygen atoms in total. The molecule has 5 heteroatoms. The molecule has 1 saturated heterocycles. The standard InChI is InChI=1S/C15H23N3O2/c1-2-7-18-8-5-11(6-9-18)17-15(20)13-10-12(19)3-4-14(13)16/h3-4,10-11,19H,2,5-9,16H2,1H3,(H,17,20). The van der Waals surface area contributed by atoms with Crippen molar-refractivity contribution < 1.29 is 9.90 Å². The van der Waals surface area contributed by atoms with E-state index in [-0.39, 0.29) is 17.7 Å². The molecule has 0 bridgehead atoms. The average Bonchev–Trinajstić information content (AvgIpc) is 2.44. The van der Waals surface area contributed by atoms with Crippen molar-refractivity contribution in [3.05, 3.63) is 23.8 Å². The van der Waals surface area contributed by atoms with Crippen LogP contribution in [0.4, 0.5) is 5.69 Å². The fraction of sp³-hybridized carbons (Fsp3) is 0.533. The first-order valence-electron chi connectivity index (χ1n) is 7.22. The lowest BCUT2D eigenvalue weighted by Crippen LogP contribution is -2.44. The number of nitrogens with one attached hydrogen (secondary N) is 1. The third kappa shape index (κ3) is 3.63. The van der Waals surface area contributed by atoms with Gasteiger partial charge in [0.05, 0.1) is 5.56 Å². The van der Waals surface area contributed by atoms with Crippen LogP contribution in [-0.4, -0.2) is 41.6 Å². The second-order valence-corrected chi connectivity index (χ2v) is 5.36. The molecule has 4 N–H and O–H groups in total. The highest BCUT2D eigenvalue weighted by Gasteiger charge is 2.21. The largest absolute Gasteiger partial charge is 0.508 e. The van der Waals surface area contributed by atoms with Crippen LogP contribution in [0, 0.1) is 0 Å². The molecule has 110 valence electrons. The van der Waals surface area contributed by atoms with Crippen molar-refractivity contribution in [2.45, 2.75) is 32.2 Å². The van der Waals surface area contributed by atoms with E-state index in [0.29, 0.717) is 11.3 Å². The molecule has 0 aliphatic carbocycles. The lowest BCUT2D eigenvalue weighted by atomic mass is 10.0. The number of hydrogen-bond donors (Lipinski definition) is 3. The van der Waals surface area contributed by atoms with E-state index >= 15 is 0 Å². The zero-order valence-corrected chi connectivity index (χ0v) is 11.9. The third-order valence-corrected chi connectivity index (χ3v) is 3.74. The smallest absolute Gasteiger partial charge is 0.253 e. The number of phenols is 1. The summed E-state index contributed by atoms with van der Waals surface area (Å²) in [5.41, 5.74) is 6.52. The molecule has 1 heterocycles. The van der Waals surface area contributed by atoms with Crippen LogP contribution in [0.5, 0.6) is 5.75 Å². The van der Waals surface area contributed by atoms with Crippen molar-refractivity contribution in [2.24, 2.45) is 0 Å². The molecule has 0 radical (unpaired) electrons. The van der Waals surface area contributed by atoms with Gasteiger partial charge in [0, 0.05) is 24.8 Å². The van der Waals surface area contributed by atoms with Crippen molar-refractivity contribution in [1.82, 2.24) is 10.2 Å². The molecule has 0 aromatic heterocycles. The Kier molecular flexibility index (Phi) is 4.84. The molecule has 0 spiro atoms. The summed E-state index contributed by atoms with van der Waals surface area (Å²) in [5, 5.41) is 12.5. The summed E-state index contributed by atoms with van der Waals surface area (Å²) in [5.74, 6) is -0.144. The maximum atomic E-state index is 12.2. The number of aromatic hydroxyl groups is 1. The highest BCUT2D eigenvalue weighted by molar-refractivity contribution is 5.99. The van der Waals surface area contributed by atoms with Crippen LogP contribution in [-0.2, 0) is 0 Å². The molecule has 20 heavy (non-hydrogen) atoms. The van der Waals surface area contributed by atoms with Gasteiger partial charge >= 0.3 is 0 Å². The van der Waals surface area contributed by atoms with Gasteiger partial charge in [-0.1, -0.05) is 6.92 Å². The molecule has 1 aliphatic rings. The maximum Gasteiger partial charge on any atom is 0.253 e. The van der Waals surface area contributed by atoms with Gasteiger partial charge in [0.1, 0.15) is 5.75 Å². The summed E-state index contributed by atoms with van der Waals surface area (Å²) in [6, 6.07) is 4.64. The zero-order chi connectivity index (χ0) is 14.5. The van der Waals surface area contributed by atoms with Crippen molar-refractivity contribution in [2.75, 3.05) is 25.4 Å². The van der Waals surface area contributed by atoms with Crippen LogP contribution < -0.4 is 11.1 Å². The number of phenolic OH excluding ortho intramolecular Hbond substituents is 1. The summed E-state index contributed by atoms with van der Waals surface area (Å²) >= 11 is 0. The molecule has 1 aromatic carbocycles. The molecule has 1 amide bonds. The van der Waals surface area contributed by atoms with Gasteiger partial charge in [-0.25, -0.2) is 0 Å². The summed E-state index contributed by atoms with van der Waals surface area (Å²) in [4.78, 5) is 14.6. The maximum absolute atomic E-state index is 12.2. The van der Waals surface area contributed by atoms with Crippen LogP contribution in [0.15, 0.2) is 18.2 Å². The molecule has 2 rings (SSSR count). The minimum atomic E-state index is -0.202. The predicted octanol–water partition coefficient (Wildman–Crippen LogP) is 1.58. The van der Waals surface area contributed by atoms with E-state index in [1.807, 2.05) is 0 Å². The van der Waals surface area contributed by atoms with Crippen LogP contribution in [0.3, 0.4) is 0 Å². The van der Waals surface area contributed by atoms with Crippen molar-refractivity contribution in [3.63, 3.8) is 0 Å². The second kappa shape index (κ2) is 6.61. The number of carbonyl (C=O) groups is 1. The Labute approximate surface area is 119 Å². The van der Waals surface area contributed by atoms with E-state index < -0.39 is 0 Å². The van der Waals surface area contributed by atoms with Crippen molar-refractivity contribution in [3.8, 4) is 5.75 Å². The summed E-state index contributed by atoms with van der Waals surface area (Å²) < 4.78 is 0. The van der Waals surface area contributed by atoms with Crippen LogP contribution in [0.2, 0.25) is 0 Å². The first kappa shape index (κ1) is 14.7. The van der Waals surface area contributed by atoms with Crippen molar-refractivity contribution in [1.29, 1.82) is 0 Å². The van der Waals surface area contributed by atoms with Gasteiger partial charge in [-0.3, -0.25) is 4.79 Å². The van der Waals surface area contributed by atoms with E-state index in [0.717, 1.165) is 38.9 Å². The van der Waals surface area contributed by atoms with Gasteiger partial charge in [0.2, 0.25) is 0 Å². The van der Waals surface area contributed by atoms with Gasteiger partial charge in [0.15, 0.2) is 0 Å². The average molecular weight is 277 g/mol. The Morgan fingerprint density at radius 2 is 2.15 bits per heavy atom. The van der Waals surface area contributed by atoms with E-state index in [9.17, 15) is 9.90 Å². The Balaban J connectivity index is 1.91. The lowest BCUT2D eigenvalue weighted by Gasteiger charge is -2.32. The molecule has 1 fully saturated rings. The Morgan fingerprint density at radius 3 is 2.80 bits per heavy atom. The highest BCUT2D eigenvalue weighted by Crippen LogP contribution is 2.19. The van der Waals surface area contributed by atoms with Gasteiger partial charge in [0.25, 0.3) is 5.91 Å². The first-order chi connectivity index (χ1) is 9.60. The van der Waals surface area contributed by atoms with Gasteiger partial charge < -0.3 is 21.1 Å². The van der Waals surface area contributed by atoms with E-state index in [1.54, 1.807) is 6.07 Å². The minimum absolute atomic E-state index is 0.0575. The summed E-state index contributed by atoms with van der Waals surface area (Å²) in [6.07, 6.45) is 3.09. The quantitative estimate of drug-likeness (QED) is 0.577. The van der Waals surface area contributed by atoms with Crippen molar-refractivity contribution >= 4 is 11.6 Å². The number of nitrogen functional groups attached to an aromatic ring is 1. The number of rotatable bonds is 4. The lowest BCUT2D eigenvalue weighted by molar-refractivity contribution is 0.0911. The van der Waals surface area contributed by atoms with Crippen LogP contribution in [0.1, 0.15) is 36.5 Å². The van der Waals surface area contributed by atoms with E-state index in [4.69, 9.17) is 5.73 Å². The second-order valence-electron chi connectivity index (χ2n) is 5.36. The number of hydrogen-bond acceptors (Lipinski definition) is 4. The number of anilines is 1. The molecular weight excluding hydrogens is 254 g/mol. The number of likely N-dealkylation sites (tertiary alicyclic amines) is 1. The summed E-state index contributed by atoms with van der Waals surface area (Å²) in [6.45, 7) is 5.35. The highest BCUT2D eigenvalue weighted by atomic mass is 16.3. The molecule has 1 aromatic rings. The van der Waals surface area contributed by atoms with E-state index in [1.165, 1.54) is 12.1 Å². The fourth-order valence-electron chi connectivity index (χ4n) is 2.62. The topological polar surface area (TPSA) is 78.6 Å². The Bertz CT molecular complexity index is 468. The molecule has 1 aliphatic heterocycles. The number of piperidine rings is 1. The predicted molar refractivity (Wildman–Crippen MR) is 79.7 cm³/mol. The number of carbonyl (C=O) groups excluding carboxylic acids is 1. The summed E-state index contributed by atoms with van der Waals surface area (Å²) in [7, 11) is 0. The third-order valence-electron chi connectivity index (χ3n) is 3.74. The SMILES string of the molecule is CCCN1CCC(NC(=O)c2cc(O)ccc2N)CC1. The number of nitrogens with zero attached hydrogens (tertiary/aromatic N) is 1. The monoisotopic (exact) mass is 277 g/mol. The molecular formula is C15H23N3O2. The van der Waals surface area contributed by atoms with Gasteiger partial charge in [-0.05, 0) is 44.0 Å².